The fourth-order valence-corrected chi connectivity index (χ4v) is 3.94. The van der Waals surface area contributed by atoms with Gasteiger partial charge in [0.1, 0.15) is 25.6 Å². The molecule has 1 atom stereocenters. The molecule has 0 spiro atoms. The predicted octanol–water partition coefficient (Wildman–Crippen LogP) is 2.96. The topological polar surface area (TPSA) is 66.3 Å². The van der Waals surface area contributed by atoms with Gasteiger partial charge in [-0.3, -0.25) is 4.99 Å². The number of benzene rings is 2. The van der Waals surface area contributed by atoms with Crippen LogP contribution in [0.15, 0.2) is 47.5 Å². The average Bonchev–Trinajstić information content (AvgIpc) is 3.26. The molecule has 2 heterocycles. The molecule has 0 aromatic heterocycles. The van der Waals surface area contributed by atoms with E-state index in [2.05, 4.69) is 9.89 Å². The van der Waals surface area contributed by atoms with Crippen molar-refractivity contribution >= 4 is 17.5 Å². The highest BCUT2D eigenvalue weighted by atomic mass is 35.5. The van der Waals surface area contributed by atoms with E-state index in [9.17, 15) is 5.11 Å². The maximum Gasteiger partial charge on any atom is 0.161 e. The third-order valence-corrected chi connectivity index (χ3v) is 5.50. The van der Waals surface area contributed by atoms with Crippen LogP contribution in [-0.2, 0) is 6.42 Å². The number of rotatable bonds is 8. The fraction of sp³-hybridized carbons (Fsp3) is 0.435. The molecule has 0 bridgehead atoms. The quantitative estimate of drug-likeness (QED) is 0.476. The highest BCUT2D eigenvalue weighted by Crippen LogP contribution is 2.31. The van der Waals surface area contributed by atoms with E-state index in [4.69, 9.17) is 25.8 Å². The molecule has 2 aliphatic heterocycles. The van der Waals surface area contributed by atoms with Gasteiger partial charge in [-0.2, -0.15) is 0 Å². The fourth-order valence-electron chi connectivity index (χ4n) is 3.82. The van der Waals surface area contributed by atoms with Crippen molar-refractivity contribution in [2.75, 3.05) is 39.5 Å². The first-order valence-electron chi connectivity index (χ1n) is 10.4. The van der Waals surface area contributed by atoms with Gasteiger partial charge in [-0.25, -0.2) is 0 Å². The van der Waals surface area contributed by atoms with E-state index < -0.39 is 0 Å². The zero-order valence-electron chi connectivity index (χ0n) is 16.9. The largest absolute Gasteiger partial charge is 0.860 e. The second-order valence-corrected chi connectivity index (χ2v) is 8.05. The lowest BCUT2D eigenvalue weighted by Gasteiger charge is -2.24. The highest BCUT2D eigenvalue weighted by molar-refractivity contribution is 6.30. The van der Waals surface area contributed by atoms with Crippen LogP contribution in [0.3, 0.4) is 0 Å². The summed E-state index contributed by atoms with van der Waals surface area (Å²) < 4.78 is 16.9. The monoisotopic (exact) mass is 429 g/mol. The number of hydrogen-bond acceptors (Lipinski definition) is 6. The van der Waals surface area contributed by atoms with E-state index in [1.54, 1.807) is 24.3 Å². The van der Waals surface area contributed by atoms with E-state index in [1.807, 2.05) is 18.2 Å². The Bertz CT molecular complexity index is 866. The molecule has 4 rings (SSSR count). The Labute approximate surface area is 182 Å². The van der Waals surface area contributed by atoms with Crippen molar-refractivity contribution in [2.24, 2.45) is 4.99 Å². The molecular weight excluding hydrogens is 404 g/mol. The van der Waals surface area contributed by atoms with Gasteiger partial charge in [-0.1, -0.05) is 17.7 Å². The molecule has 2 aromatic carbocycles. The first-order valence-corrected chi connectivity index (χ1v) is 10.8. The third-order valence-electron chi connectivity index (χ3n) is 5.25. The van der Waals surface area contributed by atoms with Crippen LogP contribution in [0.1, 0.15) is 18.4 Å². The number of aliphatic imine (C=N–C) groups is 1. The zero-order valence-corrected chi connectivity index (χ0v) is 17.6. The average molecular weight is 430 g/mol. The smallest absolute Gasteiger partial charge is 0.161 e. The molecule has 1 fully saturated rings. The molecule has 30 heavy (non-hydrogen) atoms. The summed E-state index contributed by atoms with van der Waals surface area (Å²) in [4.78, 5) is 6.85. The number of likely N-dealkylation sites (tertiary alicyclic amines) is 1. The normalized spacial score (nSPS) is 17.7. The Morgan fingerprint density at radius 3 is 2.57 bits per heavy atom. The Hall–Kier alpha value is -2.44. The summed E-state index contributed by atoms with van der Waals surface area (Å²) in [6.07, 6.45) is 3.06. The maximum absolute atomic E-state index is 12.5. The SMILES string of the molecule is [O-]C(COc1ccc(Cl)cc1)=NC(Cc1ccc2c(c1)OCCO2)CN1CCCC1. The van der Waals surface area contributed by atoms with Gasteiger partial charge in [0, 0.05) is 11.6 Å². The van der Waals surface area contributed by atoms with Gasteiger partial charge in [0.05, 0.1) is 6.04 Å². The van der Waals surface area contributed by atoms with Crippen LogP contribution in [0.25, 0.3) is 0 Å². The van der Waals surface area contributed by atoms with E-state index in [0.29, 0.717) is 30.4 Å². The van der Waals surface area contributed by atoms with Crippen molar-refractivity contribution in [2.45, 2.75) is 25.3 Å². The summed E-state index contributed by atoms with van der Waals surface area (Å²) in [5.41, 5.74) is 1.08. The molecule has 1 saturated heterocycles. The number of halogens is 1. The predicted molar refractivity (Wildman–Crippen MR) is 115 cm³/mol. The van der Waals surface area contributed by atoms with Crippen LogP contribution in [0.5, 0.6) is 17.2 Å². The number of nitrogens with zero attached hydrogens (tertiary/aromatic N) is 2. The van der Waals surface area contributed by atoms with Crippen molar-refractivity contribution in [3.63, 3.8) is 0 Å². The lowest BCUT2D eigenvalue weighted by molar-refractivity contribution is -0.221. The second kappa shape index (κ2) is 10.0. The van der Waals surface area contributed by atoms with Crippen LogP contribution >= 0.6 is 11.6 Å². The minimum atomic E-state index is -0.258. The van der Waals surface area contributed by atoms with Crippen molar-refractivity contribution < 1.29 is 19.3 Å². The van der Waals surface area contributed by atoms with Crippen LogP contribution in [0.4, 0.5) is 0 Å². The first kappa shape index (κ1) is 20.8. The minimum absolute atomic E-state index is 0.0841. The van der Waals surface area contributed by atoms with Gasteiger partial charge in [0.25, 0.3) is 0 Å². The standard InChI is InChI=1S/C23H27ClN2O4/c24-18-4-6-20(7-5-18)30-16-23(27)25-19(15-26-9-1-2-10-26)13-17-3-8-21-22(14-17)29-12-11-28-21/h3-8,14,19H,1-2,9-13,15-16H2,(H,25,27)/p-1. The van der Waals surface area contributed by atoms with Gasteiger partial charge in [0.2, 0.25) is 0 Å². The molecule has 0 amide bonds. The summed E-state index contributed by atoms with van der Waals surface area (Å²) in [6, 6.07) is 12.8. The molecule has 6 nitrogen and oxygen atoms in total. The van der Waals surface area contributed by atoms with E-state index in [0.717, 1.165) is 36.7 Å². The first-order chi connectivity index (χ1) is 14.7. The molecule has 7 heteroatoms. The minimum Gasteiger partial charge on any atom is -0.860 e. The summed E-state index contributed by atoms with van der Waals surface area (Å²) in [7, 11) is 0. The van der Waals surface area contributed by atoms with Crippen LogP contribution < -0.4 is 19.3 Å². The number of hydrogen-bond donors (Lipinski definition) is 0. The summed E-state index contributed by atoms with van der Waals surface area (Å²) in [5, 5.41) is 13.1. The Kier molecular flexibility index (Phi) is 6.97. The highest BCUT2D eigenvalue weighted by Gasteiger charge is 2.19. The molecule has 160 valence electrons. The van der Waals surface area contributed by atoms with Gasteiger partial charge < -0.3 is 24.2 Å². The maximum atomic E-state index is 12.5. The molecule has 0 saturated carbocycles. The van der Waals surface area contributed by atoms with Gasteiger partial charge in [-0.05, 0) is 80.2 Å². The molecule has 2 aromatic rings. The van der Waals surface area contributed by atoms with Crippen molar-refractivity contribution in [3.8, 4) is 17.2 Å². The van der Waals surface area contributed by atoms with Crippen LogP contribution in [0, 0.1) is 0 Å². The van der Waals surface area contributed by atoms with E-state index in [1.165, 1.54) is 12.8 Å². The Balaban J connectivity index is 1.43. The van der Waals surface area contributed by atoms with Crippen molar-refractivity contribution in [1.29, 1.82) is 0 Å². The molecule has 1 unspecified atom stereocenters. The molecule has 0 aliphatic carbocycles. The van der Waals surface area contributed by atoms with Crippen molar-refractivity contribution in [3.05, 3.63) is 53.1 Å². The molecular formula is C23H26ClN2O4-. The van der Waals surface area contributed by atoms with Gasteiger partial charge in [0.15, 0.2) is 11.5 Å². The lowest BCUT2D eigenvalue weighted by Crippen LogP contribution is -2.34. The second-order valence-electron chi connectivity index (χ2n) is 7.61. The summed E-state index contributed by atoms with van der Waals surface area (Å²) >= 11 is 5.88. The van der Waals surface area contributed by atoms with Gasteiger partial charge in [-0.15, -0.1) is 0 Å². The third kappa shape index (κ3) is 5.80. The molecule has 0 radical (unpaired) electrons. The van der Waals surface area contributed by atoms with E-state index in [-0.39, 0.29) is 18.5 Å². The summed E-state index contributed by atoms with van der Waals surface area (Å²) in [5.74, 6) is 1.87. The zero-order chi connectivity index (χ0) is 20.8. The number of ether oxygens (including phenoxy) is 3. The molecule has 2 aliphatic rings. The summed E-state index contributed by atoms with van der Waals surface area (Å²) in [6.45, 7) is 3.92. The molecule has 0 N–H and O–H groups in total. The van der Waals surface area contributed by atoms with Gasteiger partial charge >= 0.3 is 0 Å². The lowest BCUT2D eigenvalue weighted by atomic mass is 10.0. The van der Waals surface area contributed by atoms with Crippen LogP contribution in [-0.4, -0.2) is 56.3 Å². The Morgan fingerprint density at radius 2 is 1.80 bits per heavy atom. The van der Waals surface area contributed by atoms with Crippen molar-refractivity contribution in [1.82, 2.24) is 4.90 Å². The Morgan fingerprint density at radius 1 is 1.07 bits per heavy atom. The van der Waals surface area contributed by atoms with Crippen LogP contribution in [0.2, 0.25) is 5.02 Å². The van der Waals surface area contributed by atoms with E-state index >= 15 is 0 Å². The number of fused-ring (bicyclic) bond motifs is 1.